The van der Waals surface area contributed by atoms with E-state index in [1.807, 2.05) is 24.4 Å². The highest BCUT2D eigenvalue weighted by Crippen LogP contribution is 2.26. The number of rotatable bonds is 5. The minimum absolute atomic E-state index is 0.206. The molecule has 1 aliphatic rings. The van der Waals surface area contributed by atoms with Crippen molar-refractivity contribution < 1.29 is 13.9 Å². The molecule has 0 fully saturated rings. The topological polar surface area (TPSA) is 52.3 Å². The molecule has 116 valence electrons. The number of aromatic nitrogens is 1. The molecule has 2 aromatic heterocycles. The standard InChI is InChI=1S/C17H19NO3S/c1-12-7-8-15(21-12)17-18-14(11-22-17)9-16(19)20-10-13-5-3-2-4-6-13/h2-3,7-8,11,13H,4-6,9-10H2,1H3/t13-/m0/s1. The largest absolute Gasteiger partial charge is 0.465 e. The first-order valence-corrected chi connectivity index (χ1v) is 8.40. The number of nitrogens with zero attached hydrogens (tertiary/aromatic N) is 1. The molecule has 22 heavy (non-hydrogen) atoms. The van der Waals surface area contributed by atoms with Crippen LogP contribution in [-0.2, 0) is 16.0 Å². The molecule has 0 saturated heterocycles. The van der Waals surface area contributed by atoms with Crippen LogP contribution < -0.4 is 0 Å². The summed E-state index contributed by atoms with van der Waals surface area (Å²) >= 11 is 1.48. The highest BCUT2D eigenvalue weighted by atomic mass is 32.1. The van der Waals surface area contributed by atoms with Crippen LogP contribution in [0, 0.1) is 12.8 Å². The van der Waals surface area contributed by atoms with Gasteiger partial charge in [0.05, 0.1) is 18.7 Å². The van der Waals surface area contributed by atoms with Crippen molar-refractivity contribution in [1.29, 1.82) is 0 Å². The summed E-state index contributed by atoms with van der Waals surface area (Å²) in [4.78, 5) is 16.3. The minimum atomic E-state index is -0.206. The molecule has 0 spiro atoms. The van der Waals surface area contributed by atoms with Gasteiger partial charge in [-0.15, -0.1) is 11.3 Å². The summed E-state index contributed by atoms with van der Waals surface area (Å²) in [6.07, 6.45) is 7.76. The number of hydrogen-bond donors (Lipinski definition) is 0. The number of furan rings is 1. The Labute approximate surface area is 133 Å². The van der Waals surface area contributed by atoms with Crippen LogP contribution in [0.25, 0.3) is 10.8 Å². The zero-order valence-corrected chi connectivity index (χ0v) is 13.4. The molecule has 1 aliphatic carbocycles. The van der Waals surface area contributed by atoms with Crippen LogP contribution in [0.3, 0.4) is 0 Å². The Hall–Kier alpha value is -1.88. The average Bonchev–Trinajstić information content (AvgIpc) is 3.15. The van der Waals surface area contributed by atoms with E-state index >= 15 is 0 Å². The Morgan fingerprint density at radius 1 is 1.45 bits per heavy atom. The molecule has 3 rings (SSSR count). The van der Waals surface area contributed by atoms with Gasteiger partial charge in [-0.25, -0.2) is 4.98 Å². The zero-order chi connectivity index (χ0) is 15.4. The second-order valence-corrected chi connectivity index (χ2v) is 6.42. The van der Waals surface area contributed by atoms with Crippen molar-refractivity contribution in [2.24, 2.45) is 5.92 Å². The molecule has 1 atom stereocenters. The van der Waals surface area contributed by atoms with Gasteiger partial charge >= 0.3 is 5.97 Å². The molecular formula is C17H19NO3S. The maximum Gasteiger partial charge on any atom is 0.311 e. The molecule has 0 amide bonds. The number of carbonyl (C=O) groups is 1. The second kappa shape index (κ2) is 6.92. The molecule has 0 bridgehead atoms. The number of esters is 1. The molecule has 0 radical (unpaired) electrons. The summed E-state index contributed by atoms with van der Waals surface area (Å²) in [5.41, 5.74) is 0.739. The lowest BCUT2D eigenvalue weighted by molar-refractivity contribution is -0.144. The van der Waals surface area contributed by atoms with Crippen LogP contribution in [0.1, 0.15) is 30.7 Å². The maximum absolute atomic E-state index is 11.9. The summed E-state index contributed by atoms with van der Waals surface area (Å²) in [5.74, 6) is 1.86. The highest BCUT2D eigenvalue weighted by Gasteiger charge is 2.15. The predicted molar refractivity (Wildman–Crippen MR) is 85.7 cm³/mol. The van der Waals surface area contributed by atoms with Crippen molar-refractivity contribution in [2.45, 2.75) is 32.6 Å². The van der Waals surface area contributed by atoms with E-state index in [4.69, 9.17) is 9.15 Å². The Bertz CT molecular complexity index is 671. The lowest BCUT2D eigenvalue weighted by Gasteiger charge is -2.17. The van der Waals surface area contributed by atoms with E-state index < -0.39 is 0 Å². The first-order chi connectivity index (χ1) is 10.7. The number of aryl methyl sites for hydroxylation is 1. The molecule has 2 heterocycles. The van der Waals surface area contributed by atoms with Crippen LogP contribution in [0.4, 0.5) is 0 Å². The molecule has 2 aromatic rings. The lowest BCUT2D eigenvalue weighted by atomic mass is 9.95. The number of thiazole rings is 1. The fourth-order valence-electron chi connectivity index (χ4n) is 2.47. The lowest BCUT2D eigenvalue weighted by Crippen LogP contribution is -2.16. The van der Waals surface area contributed by atoms with Gasteiger partial charge in [-0.1, -0.05) is 12.2 Å². The summed E-state index contributed by atoms with van der Waals surface area (Å²) in [6, 6.07) is 3.80. The van der Waals surface area contributed by atoms with Crippen molar-refractivity contribution >= 4 is 17.3 Å². The van der Waals surface area contributed by atoms with Gasteiger partial charge in [0.15, 0.2) is 10.8 Å². The molecule has 5 heteroatoms. The second-order valence-electron chi connectivity index (χ2n) is 5.56. The van der Waals surface area contributed by atoms with E-state index in [2.05, 4.69) is 17.1 Å². The van der Waals surface area contributed by atoms with Gasteiger partial charge in [0, 0.05) is 5.38 Å². The van der Waals surface area contributed by atoms with E-state index in [1.165, 1.54) is 11.3 Å². The van der Waals surface area contributed by atoms with Crippen LogP contribution in [-0.4, -0.2) is 17.6 Å². The van der Waals surface area contributed by atoms with Gasteiger partial charge in [0.2, 0.25) is 0 Å². The summed E-state index contributed by atoms with van der Waals surface area (Å²) < 4.78 is 10.9. The summed E-state index contributed by atoms with van der Waals surface area (Å²) in [5, 5.41) is 2.69. The molecule has 0 N–H and O–H groups in total. The number of allylic oxidation sites excluding steroid dienone is 2. The fourth-order valence-corrected chi connectivity index (χ4v) is 3.25. The Morgan fingerprint density at radius 3 is 3.09 bits per heavy atom. The molecular weight excluding hydrogens is 298 g/mol. The number of ether oxygens (including phenoxy) is 1. The Balaban J connectivity index is 1.51. The van der Waals surface area contributed by atoms with Gasteiger partial charge in [-0.3, -0.25) is 4.79 Å². The molecule has 4 nitrogen and oxygen atoms in total. The fraction of sp³-hybridized carbons (Fsp3) is 0.412. The molecule has 0 saturated carbocycles. The van der Waals surface area contributed by atoms with Crippen molar-refractivity contribution in [2.75, 3.05) is 6.61 Å². The van der Waals surface area contributed by atoms with Crippen LogP contribution >= 0.6 is 11.3 Å². The van der Waals surface area contributed by atoms with Gasteiger partial charge < -0.3 is 9.15 Å². The van der Waals surface area contributed by atoms with E-state index in [9.17, 15) is 4.79 Å². The number of carbonyl (C=O) groups excluding carboxylic acids is 1. The third-order valence-corrected chi connectivity index (χ3v) is 4.59. The molecule has 0 aromatic carbocycles. The monoisotopic (exact) mass is 317 g/mol. The van der Waals surface area contributed by atoms with Crippen LogP contribution in [0.15, 0.2) is 34.1 Å². The SMILES string of the molecule is Cc1ccc(-c2nc(CC(=O)OC[C@H]3CC=CCC3)cs2)o1. The molecule has 0 aliphatic heterocycles. The van der Waals surface area contributed by atoms with Gasteiger partial charge in [-0.05, 0) is 44.2 Å². The Kier molecular flexibility index (Phi) is 4.73. The predicted octanol–water partition coefficient (Wildman–Crippen LogP) is 4.15. The maximum atomic E-state index is 11.9. The number of hydrogen-bond acceptors (Lipinski definition) is 5. The van der Waals surface area contributed by atoms with E-state index in [0.717, 1.165) is 41.5 Å². The van der Waals surface area contributed by atoms with Gasteiger partial charge in [0.1, 0.15) is 5.76 Å². The van der Waals surface area contributed by atoms with Gasteiger partial charge in [0.25, 0.3) is 0 Å². The van der Waals surface area contributed by atoms with Crippen molar-refractivity contribution in [3.05, 3.63) is 41.1 Å². The van der Waals surface area contributed by atoms with Crippen LogP contribution in [0.2, 0.25) is 0 Å². The third kappa shape index (κ3) is 3.85. The first-order valence-electron chi connectivity index (χ1n) is 7.52. The van der Waals surface area contributed by atoms with Crippen LogP contribution in [0.5, 0.6) is 0 Å². The van der Waals surface area contributed by atoms with Gasteiger partial charge in [-0.2, -0.15) is 0 Å². The normalized spacial score (nSPS) is 17.6. The average molecular weight is 317 g/mol. The first kappa shape index (κ1) is 15.0. The summed E-state index contributed by atoms with van der Waals surface area (Å²) in [7, 11) is 0. The van der Waals surface area contributed by atoms with E-state index in [0.29, 0.717) is 12.5 Å². The highest BCUT2D eigenvalue weighted by molar-refractivity contribution is 7.13. The Morgan fingerprint density at radius 2 is 2.36 bits per heavy atom. The third-order valence-electron chi connectivity index (χ3n) is 3.69. The van der Waals surface area contributed by atoms with E-state index in [1.54, 1.807) is 0 Å². The smallest absolute Gasteiger partial charge is 0.311 e. The van der Waals surface area contributed by atoms with E-state index in [-0.39, 0.29) is 12.4 Å². The zero-order valence-electron chi connectivity index (χ0n) is 12.6. The quantitative estimate of drug-likeness (QED) is 0.614. The molecule has 0 unspecified atom stereocenters. The minimum Gasteiger partial charge on any atom is -0.465 e. The summed E-state index contributed by atoms with van der Waals surface area (Å²) in [6.45, 7) is 2.41. The van der Waals surface area contributed by atoms with Crippen molar-refractivity contribution in [3.8, 4) is 10.8 Å². The van der Waals surface area contributed by atoms with Crippen molar-refractivity contribution in [1.82, 2.24) is 4.98 Å². The van der Waals surface area contributed by atoms with Crippen molar-refractivity contribution in [3.63, 3.8) is 0 Å².